The molecule has 0 radical (unpaired) electrons. The Kier molecular flexibility index (Phi) is 5.70. The molecule has 0 saturated heterocycles. The van der Waals surface area contributed by atoms with E-state index in [2.05, 4.69) is 11.9 Å². The fourth-order valence-electron chi connectivity index (χ4n) is 0.648. The van der Waals surface area contributed by atoms with E-state index in [-0.39, 0.29) is 13.0 Å². The van der Waals surface area contributed by atoms with Gasteiger partial charge in [-0.25, -0.2) is 0 Å². The molecule has 0 saturated carbocycles. The quantitative estimate of drug-likeness (QED) is 0.562. The van der Waals surface area contributed by atoms with Crippen LogP contribution >= 0.6 is 11.6 Å². The van der Waals surface area contributed by atoms with Gasteiger partial charge >= 0.3 is 5.97 Å². The maximum Gasteiger partial charge on any atom is 0.306 e. The number of nitrogens with one attached hydrogen (secondary N) is 1. The first-order valence-electron chi connectivity index (χ1n) is 3.46. The Balaban J connectivity index is 3.37. The lowest BCUT2D eigenvalue weighted by atomic mass is 10.2. The second kappa shape index (κ2) is 5.99. The molecule has 0 fully saturated rings. The van der Waals surface area contributed by atoms with Crippen LogP contribution in [0.3, 0.4) is 0 Å². The highest BCUT2D eigenvalue weighted by atomic mass is 35.5. The largest absolute Gasteiger partial charge is 0.481 e. The molecule has 0 aromatic rings. The van der Waals surface area contributed by atoms with Crippen molar-refractivity contribution in [3.05, 3.63) is 11.6 Å². The summed E-state index contributed by atoms with van der Waals surface area (Å²) in [4.78, 5) is 10.1. The van der Waals surface area contributed by atoms with E-state index < -0.39 is 12.1 Å². The van der Waals surface area contributed by atoms with Gasteiger partial charge in [0.05, 0.1) is 12.5 Å². The van der Waals surface area contributed by atoms with E-state index in [4.69, 9.17) is 21.8 Å². The number of aliphatic hydroxyl groups is 1. The topological polar surface area (TPSA) is 69.6 Å². The zero-order valence-electron chi connectivity index (χ0n) is 6.59. The summed E-state index contributed by atoms with van der Waals surface area (Å²) in [6.07, 6.45) is -1.14. The summed E-state index contributed by atoms with van der Waals surface area (Å²) >= 11 is 5.41. The zero-order valence-corrected chi connectivity index (χ0v) is 7.34. The first-order valence-corrected chi connectivity index (χ1v) is 3.84. The molecule has 4 nitrogen and oxygen atoms in total. The molecule has 0 bridgehead atoms. The number of halogens is 1. The van der Waals surface area contributed by atoms with Crippen molar-refractivity contribution in [2.24, 2.45) is 0 Å². The molecule has 0 spiro atoms. The standard InChI is InChI=1S/C7H12ClNO3/c1-5(8)3-9-4-6(10)2-7(11)12/h6,9-10H,1-4H2,(H,11,12). The van der Waals surface area contributed by atoms with Gasteiger partial charge in [-0.1, -0.05) is 18.2 Å². The van der Waals surface area contributed by atoms with Gasteiger partial charge in [0, 0.05) is 18.1 Å². The van der Waals surface area contributed by atoms with Crippen LogP contribution in [-0.4, -0.2) is 35.4 Å². The minimum atomic E-state index is -1.02. The Morgan fingerprint density at radius 3 is 2.67 bits per heavy atom. The summed E-state index contributed by atoms with van der Waals surface area (Å²) in [6, 6.07) is 0. The second-order valence-electron chi connectivity index (χ2n) is 2.40. The predicted molar refractivity (Wildman–Crippen MR) is 46.1 cm³/mol. The fourth-order valence-corrected chi connectivity index (χ4v) is 0.743. The molecule has 0 aromatic heterocycles. The van der Waals surface area contributed by atoms with Crippen LogP contribution in [0.4, 0.5) is 0 Å². The van der Waals surface area contributed by atoms with Gasteiger partial charge in [0.2, 0.25) is 0 Å². The van der Waals surface area contributed by atoms with Gasteiger partial charge < -0.3 is 15.5 Å². The number of carbonyl (C=O) groups is 1. The molecule has 12 heavy (non-hydrogen) atoms. The van der Waals surface area contributed by atoms with Crippen LogP contribution in [-0.2, 0) is 4.79 Å². The number of hydrogen-bond acceptors (Lipinski definition) is 3. The number of aliphatic hydroxyl groups excluding tert-OH is 1. The number of carboxylic acid groups (broad SMARTS) is 1. The van der Waals surface area contributed by atoms with Gasteiger partial charge in [0.1, 0.15) is 0 Å². The monoisotopic (exact) mass is 193 g/mol. The molecule has 0 aromatic carbocycles. The third kappa shape index (κ3) is 7.53. The van der Waals surface area contributed by atoms with Gasteiger partial charge in [-0.2, -0.15) is 0 Å². The summed E-state index contributed by atoms with van der Waals surface area (Å²) in [7, 11) is 0. The highest BCUT2D eigenvalue weighted by molar-refractivity contribution is 6.29. The van der Waals surface area contributed by atoms with Crippen molar-refractivity contribution in [1.29, 1.82) is 0 Å². The minimum Gasteiger partial charge on any atom is -0.481 e. The normalized spacial score (nSPS) is 12.5. The third-order valence-electron chi connectivity index (χ3n) is 1.11. The molecule has 0 rings (SSSR count). The van der Waals surface area contributed by atoms with E-state index in [0.29, 0.717) is 11.6 Å². The Bertz CT molecular complexity index is 172. The molecule has 0 amide bonds. The van der Waals surface area contributed by atoms with E-state index in [9.17, 15) is 4.79 Å². The highest BCUT2D eigenvalue weighted by Crippen LogP contribution is 1.94. The molecule has 0 aliphatic heterocycles. The molecule has 5 heteroatoms. The summed E-state index contributed by atoms with van der Waals surface area (Å²) in [5.41, 5.74) is 0. The molecular formula is C7H12ClNO3. The Hall–Kier alpha value is -0.580. The van der Waals surface area contributed by atoms with E-state index in [1.165, 1.54) is 0 Å². The van der Waals surface area contributed by atoms with E-state index in [0.717, 1.165) is 0 Å². The van der Waals surface area contributed by atoms with Crippen LogP contribution in [0, 0.1) is 0 Å². The lowest BCUT2D eigenvalue weighted by molar-refractivity contribution is -0.139. The Morgan fingerprint density at radius 2 is 2.25 bits per heavy atom. The average Bonchev–Trinajstić information content (AvgIpc) is 1.84. The lowest BCUT2D eigenvalue weighted by Gasteiger charge is -2.08. The smallest absolute Gasteiger partial charge is 0.306 e. The van der Waals surface area contributed by atoms with E-state index in [1.54, 1.807) is 0 Å². The number of hydrogen-bond donors (Lipinski definition) is 3. The maximum atomic E-state index is 10.1. The SMILES string of the molecule is C=C(Cl)CNCC(O)CC(=O)O. The average molecular weight is 194 g/mol. The van der Waals surface area contributed by atoms with Crippen LogP contribution in [0.2, 0.25) is 0 Å². The summed E-state index contributed by atoms with van der Waals surface area (Å²) in [5, 5.41) is 20.5. The zero-order chi connectivity index (χ0) is 9.56. The van der Waals surface area contributed by atoms with Gasteiger partial charge in [-0.3, -0.25) is 4.79 Å². The Morgan fingerprint density at radius 1 is 1.67 bits per heavy atom. The molecule has 0 aliphatic carbocycles. The van der Waals surface area contributed by atoms with Crippen molar-refractivity contribution in [3.63, 3.8) is 0 Å². The first-order chi connectivity index (χ1) is 5.52. The molecule has 0 heterocycles. The van der Waals surface area contributed by atoms with Gasteiger partial charge in [0.25, 0.3) is 0 Å². The van der Waals surface area contributed by atoms with Crippen LogP contribution in [0.25, 0.3) is 0 Å². The maximum absolute atomic E-state index is 10.1. The van der Waals surface area contributed by atoms with Crippen molar-refractivity contribution < 1.29 is 15.0 Å². The van der Waals surface area contributed by atoms with Crippen molar-refractivity contribution in [3.8, 4) is 0 Å². The summed E-state index contributed by atoms with van der Waals surface area (Å²) in [5.74, 6) is -1.02. The number of carboxylic acids is 1. The lowest BCUT2D eigenvalue weighted by Crippen LogP contribution is -2.29. The first kappa shape index (κ1) is 11.4. The van der Waals surface area contributed by atoms with Crippen molar-refractivity contribution in [2.75, 3.05) is 13.1 Å². The molecule has 1 unspecified atom stereocenters. The summed E-state index contributed by atoms with van der Waals surface area (Å²) < 4.78 is 0. The fraction of sp³-hybridized carbons (Fsp3) is 0.571. The molecular weight excluding hydrogens is 182 g/mol. The summed E-state index contributed by atoms with van der Waals surface area (Å²) in [6.45, 7) is 4.00. The van der Waals surface area contributed by atoms with Crippen LogP contribution in [0.15, 0.2) is 11.6 Å². The second-order valence-corrected chi connectivity index (χ2v) is 2.93. The van der Waals surface area contributed by atoms with Gasteiger partial charge in [-0.05, 0) is 0 Å². The number of rotatable bonds is 6. The van der Waals surface area contributed by atoms with Crippen LogP contribution in [0.1, 0.15) is 6.42 Å². The van der Waals surface area contributed by atoms with Crippen LogP contribution < -0.4 is 5.32 Å². The van der Waals surface area contributed by atoms with Crippen LogP contribution in [0.5, 0.6) is 0 Å². The molecule has 3 N–H and O–H groups in total. The minimum absolute atomic E-state index is 0.206. The molecule has 70 valence electrons. The molecule has 1 atom stereocenters. The predicted octanol–water partition coefficient (Wildman–Crippen LogP) is 0.164. The van der Waals surface area contributed by atoms with Gasteiger partial charge in [0.15, 0.2) is 0 Å². The van der Waals surface area contributed by atoms with Crippen molar-refractivity contribution in [1.82, 2.24) is 5.32 Å². The third-order valence-corrected chi connectivity index (χ3v) is 1.24. The highest BCUT2D eigenvalue weighted by Gasteiger charge is 2.07. The van der Waals surface area contributed by atoms with E-state index in [1.807, 2.05) is 0 Å². The van der Waals surface area contributed by atoms with Crippen molar-refractivity contribution in [2.45, 2.75) is 12.5 Å². The van der Waals surface area contributed by atoms with Crippen molar-refractivity contribution >= 4 is 17.6 Å². The van der Waals surface area contributed by atoms with E-state index >= 15 is 0 Å². The molecule has 0 aliphatic rings. The van der Waals surface area contributed by atoms with Gasteiger partial charge in [-0.15, -0.1) is 0 Å². The Labute approximate surface area is 75.8 Å². The number of aliphatic carboxylic acids is 1.